The molecule has 0 heterocycles. The first-order valence-electron chi connectivity index (χ1n) is 5.92. The first-order valence-corrected chi connectivity index (χ1v) is 7.95. The zero-order chi connectivity index (χ0) is 13.6. The molecule has 4 nitrogen and oxygen atoms in total. The zero-order valence-corrected chi connectivity index (χ0v) is 12.2. The van der Waals surface area contributed by atoms with Gasteiger partial charge in [0.05, 0.1) is 11.4 Å². The maximum atomic E-state index is 11.8. The van der Waals surface area contributed by atoms with Gasteiger partial charge in [0, 0.05) is 11.6 Å². The van der Waals surface area contributed by atoms with Crippen LogP contribution in [0.3, 0.4) is 0 Å². The molecule has 102 valence electrons. The smallest absolute Gasteiger partial charge is 0.233 e. The third-order valence-corrected chi connectivity index (χ3v) is 3.95. The van der Waals surface area contributed by atoms with Crippen molar-refractivity contribution in [2.24, 2.45) is 0 Å². The van der Waals surface area contributed by atoms with Crippen molar-refractivity contribution >= 4 is 27.3 Å². The van der Waals surface area contributed by atoms with Crippen molar-refractivity contribution in [1.29, 1.82) is 0 Å². The van der Waals surface area contributed by atoms with Crippen LogP contribution >= 0.6 is 11.6 Å². The van der Waals surface area contributed by atoms with Crippen molar-refractivity contribution in [2.45, 2.75) is 20.3 Å². The molecule has 2 N–H and O–H groups in total. The van der Waals surface area contributed by atoms with E-state index in [1.165, 1.54) is 0 Å². The molecule has 1 aromatic carbocycles. The molecule has 6 heteroatoms. The van der Waals surface area contributed by atoms with E-state index in [0.717, 1.165) is 18.5 Å². The van der Waals surface area contributed by atoms with Crippen LogP contribution in [0.25, 0.3) is 0 Å². The lowest BCUT2D eigenvalue weighted by Crippen LogP contribution is -2.27. The molecule has 0 spiro atoms. The molecule has 0 aliphatic rings. The van der Waals surface area contributed by atoms with Crippen LogP contribution in [0.5, 0.6) is 0 Å². The second-order valence-corrected chi connectivity index (χ2v) is 6.41. The van der Waals surface area contributed by atoms with Gasteiger partial charge < -0.3 is 5.32 Å². The SMILES string of the molecule is CCCNCCS(=O)(=O)Nc1cc(Cl)ccc1C. The first-order chi connectivity index (χ1) is 8.44. The first kappa shape index (κ1) is 15.3. The van der Waals surface area contributed by atoms with Crippen molar-refractivity contribution in [3.05, 3.63) is 28.8 Å². The van der Waals surface area contributed by atoms with E-state index in [9.17, 15) is 8.42 Å². The number of benzene rings is 1. The van der Waals surface area contributed by atoms with Gasteiger partial charge in [0.25, 0.3) is 0 Å². The topological polar surface area (TPSA) is 58.2 Å². The molecular formula is C12H19ClN2O2S. The molecule has 0 radical (unpaired) electrons. The van der Waals surface area contributed by atoms with E-state index in [1.54, 1.807) is 18.2 Å². The Bertz CT molecular complexity index is 489. The number of sulfonamides is 1. The van der Waals surface area contributed by atoms with Gasteiger partial charge in [-0.1, -0.05) is 24.6 Å². The molecular weight excluding hydrogens is 272 g/mol. The summed E-state index contributed by atoms with van der Waals surface area (Å²) in [5, 5.41) is 3.57. The quantitative estimate of drug-likeness (QED) is 0.758. The highest BCUT2D eigenvalue weighted by Gasteiger charge is 2.11. The largest absolute Gasteiger partial charge is 0.316 e. The van der Waals surface area contributed by atoms with Crippen LogP contribution in [0.15, 0.2) is 18.2 Å². The summed E-state index contributed by atoms with van der Waals surface area (Å²) in [7, 11) is -3.33. The molecule has 0 fully saturated rings. The fourth-order valence-corrected chi connectivity index (χ4v) is 2.67. The molecule has 0 saturated heterocycles. The van der Waals surface area contributed by atoms with Crippen LogP contribution in [0, 0.1) is 6.92 Å². The van der Waals surface area contributed by atoms with Gasteiger partial charge in [0.2, 0.25) is 10.0 Å². The van der Waals surface area contributed by atoms with E-state index in [2.05, 4.69) is 10.0 Å². The van der Waals surface area contributed by atoms with Crippen molar-refractivity contribution in [3.8, 4) is 0 Å². The molecule has 1 rings (SSSR count). The lowest BCUT2D eigenvalue weighted by atomic mass is 10.2. The molecule has 0 atom stereocenters. The van der Waals surface area contributed by atoms with Crippen LogP contribution in [0.1, 0.15) is 18.9 Å². The van der Waals surface area contributed by atoms with Gasteiger partial charge in [-0.15, -0.1) is 0 Å². The normalized spacial score (nSPS) is 11.5. The molecule has 0 aromatic heterocycles. The molecule has 0 aliphatic heterocycles. The predicted molar refractivity (Wildman–Crippen MR) is 76.8 cm³/mol. The fraction of sp³-hybridized carbons (Fsp3) is 0.500. The highest BCUT2D eigenvalue weighted by atomic mass is 35.5. The summed E-state index contributed by atoms with van der Waals surface area (Å²) in [4.78, 5) is 0. The maximum absolute atomic E-state index is 11.8. The summed E-state index contributed by atoms with van der Waals surface area (Å²) < 4.78 is 26.2. The van der Waals surface area contributed by atoms with E-state index in [-0.39, 0.29) is 5.75 Å². The average Bonchev–Trinajstić information content (AvgIpc) is 2.29. The zero-order valence-electron chi connectivity index (χ0n) is 10.7. The van der Waals surface area contributed by atoms with Gasteiger partial charge >= 0.3 is 0 Å². The van der Waals surface area contributed by atoms with Gasteiger partial charge in [0.1, 0.15) is 0 Å². The summed E-state index contributed by atoms with van der Waals surface area (Å²) in [5.41, 5.74) is 1.39. The Morgan fingerprint density at radius 3 is 2.67 bits per heavy atom. The van der Waals surface area contributed by atoms with Crippen molar-refractivity contribution in [1.82, 2.24) is 5.32 Å². The summed E-state index contributed by atoms with van der Waals surface area (Å²) in [5.74, 6) is 0.0545. The summed E-state index contributed by atoms with van der Waals surface area (Å²) in [6, 6.07) is 5.14. The lowest BCUT2D eigenvalue weighted by Gasteiger charge is -2.11. The summed E-state index contributed by atoms with van der Waals surface area (Å²) in [6.45, 7) is 5.15. The summed E-state index contributed by atoms with van der Waals surface area (Å²) >= 11 is 5.84. The number of hydrogen-bond acceptors (Lipinski definition) is 3. The average molecular weight is 291 g/mol. The second kappa shape index (κ2) is 6.97. The Morgan fingerprint density at radius 2 is 2.00 bits per heavy atom. The van der Waals surface area contributed by atoms with E-state index >= 15 is 0 Å². The third-order valence-electron chi connectivity index (χ3n) is 2.44. The van der Waals surface area contributed by atoms with Gasteiger partial charge in [-0.3, -0.25) is 4.72 Å². The number of nitrogens with one attached hydrogen (secondary N) is 2. The number of rotatable bonds is 7. The molecule has 0 amide bonds. The highest BCUT2D eigenvalue weighted by Crippen LogP contribution is 2.21. The molecule has 0 unspecified atom stereocenters. The Hall–Kier alpha value is -0.780. The van der Waals surface area contributed by atoms with Crippen LogP contribution < -0.4 is 10.0 Å². The molecule has 0 aliphatic carbocycles. The minimum absolute atomic E-state index is 0.0545. The standard InChI is InChI=1S/C12H19ClN2O2S/c1-3-6-14-7-8-18(16,17)15-12-9-11(13)5-4-10(12)2/h4-5,9,14-15H,3,6-8H2,1-2H3. The monoisotopic (exact) mass is 290 g/mol. The van der Waals surface area contributed by atoms with E-state index < -0.39 is 10.0 Å². The lowest BCUT2D eigenvalue weighted by molar-refractivity contribution is 0.595. The highest BCUT2D eigenvalue weighted by molar-refractivity contribution is 7.92. The number of hydrogen-bond donors (Lipinski definition) is 2. The van der Waals surface area contributed by atoms with Crippen molar-refractivity contribution in [3.63, 3.8) is 0 Å². The number of aryl methyl sites for hydroxylation is 1. The van der Waals surface area contributed by atoms with Crippen LogP contribution in [0.4, 0.5) is 5.69 Å². The van der Waals surface area contributed by atoms with Gasteiger partial charge in [-0.25, -0.2) is 8.42 Å². The van der Waals surface area contributed by atoms with E-state index in [0.29, 0.717) is 17.3 Å². The number of anilines is 1. The Balaban J connectivity index is 2.62. The molecule has 0 saturated carbocycles. The fourth-order valence-electron chi connectivity index (χ4n) is 1.43. The van der Waals surface area contributed by atoms with Gasteiger partial charge in [-0.05, 0) is 37.6 Å². The van der Waals surface area contributed by atoms with Crippen LogP contribution in [-0.4, -0.2) is 27.3 Å². The van der Waals surface area contributed by atoms with Crippen molar-refractivity contribution in [2.75, 3.05) is 23.6 Å². The molecule has 0 bridgehead atoms. The van der Waals surface area contributed by atoms with Crippen molar-refractivity contribution < 1.29 is 8.42 Å². The number of halogens is 1. The van der Waals surface area contributed by atoms with E-state index in [1.807, 2.05) is 13.8 Å². The second-order valence-electron chi connectivity index (χ2n) is 4.13. The van der Waals surface area contributed by atoms with Crippen LogP contribution in [-0.2, 0) is 10.0 Å². The predicted octanol–water partition coefficient (Wildman–Crippen LogP) is 2.39. The van der Waals surface area contributed by atoms with Gasteiger partial charge in [0.15, 0.2) is 0 Å². The maximum Gasteiger partial charge on any atom is 0.233 e. The Labute approximate surface area is 114 Å². The summed E-state index contributed by atoms with van der Waals surface area (Å²) in [6.07, 6.45) is 0.987. The molecule has 18 heavy (non-hydrogen) atoms. The third kappa shape index (κ3) is 5.25. The minimum Gasteiger partial charge on any atom is -0.316 e. The Morgan fingerprint density at radius 1 is 1.28 bits per heavy atom. The van der Waals surface area contributed by atoms with Gasteiger partial charge in [-0.2, -0.15) is 0 Å². The Kier molecular flexibility index (Phi) is 5.91. The van der Waals surface area contributed by atoms with E-state index in [4.69, 9.17) is 11.6 Å². The molecule has 1 aromatic rings. The van der Waals surface area contributed by atoms with Crippen LogP contribution in [0.2, 0.25) is 5.02 Å². The minimum atomic E-state index is -3.33.